The van der Waals surface area contributed by atoms with Crippen LogP contribution in [0.4, 0.5) is 0 Å². The molecule has 1 aliphatic rings. The maximum atomic E-state index is 12.1. The van der Waals surface area contributed by atoms with E-state index in [1.807, 2.05) is 14.4 Å². The number of aryl methyl sites for hydroxylation is 2. The molecule has 0 aromatic heterocycles. The van der Waals surface area contributed by atoms with Crippen molar-refractivity contribution >= 4 is 11.4 Å². The van der Waals surface area contributed by atoms with Crippen LogP contribution in [0.5, 0.6) is 0 Å². The van der Waals surface area contributed by atoms with Crippen LogP contribution in [0, 0.1) is 0 Å². The summed E-state index contributed by atoms with van der Waals surface area (Å²) in [5.74, 6) is 0. The van der Waals surface area contributed by atoms with E-state index in [2.05, 4.69) is 102 Å². The van der Waals surface area contributed by atoms with Gasteiger partial charge in [0.2, 0.25) is 11.4 Å². The van der Waals surface area contributed by atoms with E-state index in [4.69, 9.17) is 0 Å². The summed E-state index contributed by atoms with van der Waals surface area (Å²) in [6, 6.07) is 18.1. The van der Waals surface area contributed by atoms with Crippen molar-refractivity contribution in [1.29, 1.82) is 0 Å². The van der Waals surface area contributed by atoms with Crippen LogP contribution in [0.15, 0.2) is 71.8 Å². The Hall–Kier alpha value is -2.25. The van der Waals surface area contributed by atoms with Crippen molar-refractivity contribution in [3.8, 4) is 0 Å². The first-order valence-corrected chi connectivity index (χ1v) is 34.7. The Bertz CT molecular complexity index is 1670. The fourth-order valence-corrected chi connectivity index (χ4v) is 12.1. The molecule has 0 N–H and O–H groups in total. The van der Waals surface area contributed by atoms with Gasteiger partial charge in [-0.1, -0.05) is 257 Å². The fraction of sp³-hybridized carbons (Fsp3) is 0.750. The molecule has 2 aromatic rings. The molecule has 3 heteroatoms. The first-order valence-electron chi connectivity index (χ1n) is 33.3. The zero-order valence-corrected chi connectivity index (χ0v) is 51.9. The Morgan fingerprint density at radius 3 is 1.04 bits per heavy atom. The molecule has 0 amide bonds. The third-order valence-electron chi connectivity index (χ3n) is 15.8. The van der Waals surface area contributed by atoms with Crippen molar-refractivity contribution in [2.24, 2.45) is 0 Å². The predicted molar refractivity (Wildman–Crippen MR) is 334 cm³/mol. The van der Waals surface area contributed by atoms with Crippen LogP contribution in [-0.2, 0) is 27.3 Å². The number of hydrogen-bond acceptors (Lipinski definition) is 0. The zero-order valence-electron chi connectivity index (χ0n) is 50.9. The third-order valence-corrected chi connectivity index (χ3v) is 17.2. The Labute approximate surface area is 475 Å². The molecule has 2 aromatic carbocycles. The second kappa shape index (κ2) is 51.2. The van der Waals surface area contributed by atoms with Crippen molar-refractivity contribution in [2.75, 3.05) is 0 Å². The first kappa shape index (κ1) is 68.9. The summed E-state index contributed by atoms with van der Waals surface area (Å²) in [5, 5.41) is 2.83. The van der Waals surface area contributed by atoms with E-state index in [0.717, 1.165) is 54.6 Å². The molecule has 3 rings (SSSR count). The summed E-state index contributed by atoms with van der Waals surface area (Å²) in [4.78, 5) is 0. The normalized spacial score (nSPS) is 12.8. The number of allylic oxidation sites excluding steroid dienone is 4. The summed E-state index contributed by atoms with van der Waals surface area (Å²) in [7, 11) is 0. The van der Waals surface area contributed by atoms with Gasteiger partial charge in [-0.2, -0.15) is 0 Å². The summed E-state index contributed by atoms with van der Waals surface area (Å²) < 4.78 is 1.54. The molecular formula is C72H124N2Ni. The zero-order chi connectivity index (χ0) is 53.9. The van der Waals surface area contributed by atoms with Crippen LogP contribution in [0.3, 0.4) is 0 Å². The molecule has 0 unspecified atom stereocenters. The average molecular weight is 1080 g/mol. The standard InChI is InChI=1S/C60H98N2.2C6H13.Ni/c1-5-9-13-15-16-17-18-19-20-21-22-23-24-25-26-27-28-29-30-31-32-33-34-35-36-37-40-44-58-57(43-39-14-10-6-2)59(55-49-45-53(46-50-55)41-12-8-4)62(61)60(58)56-51-47-54(48-52-56)42-38-11-7-3;2*1-3-5-6-4-2;/h40,44-52H,5-39,41-43H2,1-4H3;2*1,3-6H2,2H3;. The Kier molecular flexibility index (Phi) is 47.0. The van der Waals surface area contributed by atoms with Crippen molar-refractivity contribution in [3.63, 3.8) is 0 Å². The van der Waals surface area contributed by atoms with E-state index in [-0.39, 0.29) is 0 Å². The molecule has 1 heterocycles. The minimum atomic E-state index is 0.951. The van der Waals surface area contributed by atoms with Crippen LogP contribution < -0.4 is 0 Å². The number of rotatable bonds is 51. The Morgan fingerprint density at radius 2 is 0.640 bits per heavy atom. The number of nitrogens with zero attached hydrogens (tertiary/aromatic N) is 2. The molecular weight excluding hydrogens is 951 g/mol. The summed E-state index contributed by atoms with van der Waals surface area (Å²) in [5.41, 5.74) is 21.6. The van der Waals surface area contributed by atoms with Crippen LogP contribution in [0.2, 0.25) is 10.8 Å². The van der Waals surface area contributed by atoms with Gasteiger partial charge in [0.1, 0.15) is 0 Å². The molecule has 2 nitrogen and oxygen atoms in total. The van der Waals surface area contributed by atoms with Crippen LogP contribution >= 0.6 is 0 Å². The number of benzene rings is 2. The van der Waals surface area contributed by atoms with E-state index in [1.165, 1.54) is 296 Å². The van der Waals surface area contributed by atoms with Gasteiger partial charge >= 0.3 is 90.4 Å². The van der Waals surface area contributed by atoms with Gasteiger partial charge < -0.3 is 5.53 Å². The molecule has 0 radical (unpaired) electrons. The van der Waals surface area contributed by atoms with Gasteiger partial charge in [-0.15, -0.1) is 0 Å². The van der Waals surface area contributed by atoms with E-state index in [9.17, 15) is 5.53 Å². The minimum absolute atomic E-state index is 0.951. The maximum absolute atomic E-state index is 12.1. The Morgan fingerprint density at radius 1 is 0.333 bits per heavy atom. The third kappa shape index (κ3) is 35.1. The molecule has 0 fully saturated rings. The van der Waals surface area contributed by atoms with E-state index < -0.39 is 0 Å². The van der Waals surface area contributed by atoms with Gasteiger partial charge in [0.05, 0.1) is 5.57 Å². The SMILES string of the molecule is CCCCCCCCCCCCCCCCCCCCCCCCCCCC=CC1=C(c2ccc(CCCCC)cc2)[N+](=[N-])C(c2ccc(CCCC)cc2)=C1CCCCCC.CCCCC[CH2][Ni][CH2]CCCCC. The van der Waals surface area contributed by atoms with Gasteiger partial charge in [0, 0.05) is 16.7 Å². The molecule has 0 bridgehead atoms. The quantitative estimate of drug-likeness (QED) is 0.0358. The molecule has 0 saturated carbocycles. The van der Waals surface area contributed by atoms with Gasteiger partial charge in [0.25, 0.3) is 0 Å². The molecule has 0 atom stereocenters. The summed E-state index contributed by atoms with van der Waals surface area (Å²) in [6.07, 6.45) is 67.3. The second-order valence-electron chi connectivity index (χ2n) is 22.9. The van der Waals surface area contributed by atoms with Gasteiger partial charge in [0.15, 0.2) is 0 Å². The monoisotopic (exact) mass is 1070 g/mol. The fourth-order valence-electron chi connectivity index (χ4n) is 10.8. The first-order chi connectivity index (χ1) is 37.1. The molecule has 0 aliphatic carbocycles. The van der Waals surface area contributed by atoms with Gasteiger partial charge in [-0.25, -0.2) is 4.70 Å². The molecule has 0 saturated heterocycles. The van der Waals surface area contributed by atoms with E-state index in [1.54, 1.807) is 4.70 Å². The van der Waals surface area contributed by atoms with Crippen molar-refractivity contribution in [2.45, 2.75) is 348 Å². The van der Waals surface area contributed by atoms with Crippen molar-refractivity contribution in [1.82, 2.24) is 0 Å². The number of hydrogen-bond donors (Lipinski definition) is 0. The molecule has 1 aliphatic heterocycles. The molecule has 75 heavy (non-hydrogen) atoms. The Balaban J connectivity index is 0.00000130. The van der Waals surface area contributed by atoms with E-state index in [0.29, 0.717) is 0 Å². The van der Waals surface area contributed by atoms with Crippen LogP contribution in [0.25, 0.3) is 16.9 Å². The molecule has 0 spiro atoms. The van der Waals surface area contributed by atoms with E-state index >= 15 is 0 Å². The summed E-state index contributed by atoms with van der Waals surface area (Å²) >= 11 is 1.99. The average Bonchev–Trinajstić information content (AvgIpc) is 3.70. The predicted octanol–water partition coefficient (Wildman–Crippen LogP) is 25.7. The number of unbranched alkanes of at least 4 members (excludes halogenated alkanes) is 37. The van der Waals surface area contributed by atoms with Crippen LogP contribution in [0.1, 0.15) is 346 Å². The van der Waals surface area contributed by atoms with Gasteiger partial charge in [-0.3, -0.25) is 0 Å². The summed E-state index contributed by atoms with van der Waals surface area (Å²) in [6.45, 7) is 13.7. The van der Waals surface area contributed by atoms with Gasteiger partial charge in [-0.05, 0) is 86.8 Å². The topological polar surface area (TPSA) is 25.3 Å². The van der Waals surface area contributed by atoms with Crippen molar-refractivity contribution < 1.29 is 19.1 Å². The molecule has 432 valence electrons. The van der Waals surface area contributed by atoms with Crippen molar-refractivity contribution in [3.05, 3.63) is 99.6 Å². The van der Waals surface area contributed by atoms with Crippen LogP contribution in [-0.4, -0.2) is 4.70 Å². The second-order valence-corrected chi connectivity index (χ2v) is 24.4.